The summed E-state index contributed by atoms with van der Waals surface area (Å²) in [4.78, 5) is 16.4. The summed E-state index contributed by atoms with van der Waals surface area (Å²) in [6.07, 6.45) is 18.7. The van der Waals surface area contributed by atoms with Crippen LogP contribution >= 0.6 is 0 Å². The molecule has 0 aliphatic carbocycles. The summed E-state index contributed by atoms with van der Waals surface area (Å²) in [7, 11) is 0. The molecule has 3 N–H and O–H groups in total. The van der Waals surface area contributed by atoms with Crippen LogP contribution in [0.4, 0.5) is 0 Å². The van der Waals surface area contributed by atoms with Crippen molar-refractivity contribution in [2.45, 2.75) is 109 Å². The Bertz CT molecular complexity index is 583. The number of morpholine rings is 1. The Balaban J connectivity index is 1.26. The molecule has 6 heteroatoms. The second kappa shape index (κ2) is 16.2. The van der Waals surface area contributed by atoms with E-state index in [1.54, 1.807) is 0 Å². The van der Waals surface area contributed by atoms with Gasteiger partial charge in [0.25, 0.3) is 0 Å². The van der Waals surface area contributed by atoms with E-state index in [0.717, 1.165) is 83.5 Å². The molecule has 0 spiro atoms. The fourth-order valence-electron chi connectivity index (χ4n) is 6.54. The predicted octanol–water partition coefficient (Wildman–Crippen LogP) is 4.57. The molecule has 3 aliphatic rings. The van der Waals surface area contributed by atoms with Crippen molar-refractivity contribution in [3.63, 3.8) is 0 Å². The largest absolute Gasteiger partial charge is 0.379 e. The predicted molar refractivity (Wildman–Crippen MR) is 146 cm³/mol. The average Bonchev–Trinajstić information content (AvgIpc) is 3.17. The molecule has 3 fully saturated rings. The average molecular weight is 493 g/mol. The number of ether oxygens (including phenoxy) is 1. The highest BCUT2D eigenvalue weighted by atomic mass is 16.5. The third-order valence-corrected chi connectivity index (χ3v) is 8.98. The van der Waals surface area contributed by atoms with E-state index in [1.165, 1.54) is 83.7 Å². The second-order valence-corrected chi connectivity index (χ2v) is 12.0. The Morgan fingerprint density at radius 3 is 2.60 bits per heavy atom. The minimum Gasteiger partial charge on any atom is -0.379 e. The second-order valence-electron chi connectivity index (χ2n) is 12.0. The van der Waals surface area contributed by atoms with Gasteiger partial charge < -0.3 is 20.7 Å². The molecule has 0 saturated carbocycles. The molecule has 3 heterocycles. The van der Waals surface area contributed by atoms with Gasteiger partial charge in [-0.15, -0.1) is 0 Å². The van der Waals surface area contributed by atoms with E-state index in [2.05, 4.69) is 22.0 Å². The van der Waals surface area contributed by atoms with E-state index in [-0.39, 0.29) is 0 Å². The number of carbonyl (C=O) groups is 1. The van der Waals surface area contributed by atoms with Crippen LogP contribution in [0.15, 0.2) is 0 Å². The van der Waals surface area contributed by atoms with Gasteiger partial charge in [-0.05, 0) is 89.8 Å². The highest BCUT2D eigenvalue weighted by molar-refractivity contribution is 5.77. The van der Waals surface area contributed by atoms with Gasteiger partial charge in [0.05, 0.1) is 13.2 Å². The first kappa shape index (κ1) is 28.9. The Morgan fingerprint density at radius 1 is 1.03 bits per heavy atom. The van der Waals surface area contributed by atoms with Crippen molar-refractivity contribution in [2.75, 3.05) is 59.0 Å². The van der Waals surface area contributed by atoms with Crippen molar-refractivity contribution in [2.24, 2.45) is 17.6 Å². The molecule has 0 bridgehead atoms. The maximum atomic E-state index is 11.8. The molecule has 0 radical (unpaired) electrons. The van der Waals surface area contributed by atoms with E-state index in [4.69, 9.17) is 10.5 Å². The number of unbranched alkanes of at least 4 members (excludes halogenated alkanes) is 2. The Morgan fingerprint density at radius 2 is 1.83 bits per heavy atom. The van der Waals surface area contributed by atoms with Crippen LogP contribution in [0.5, 0.6) is 0 Å². The van der Waals surface area contributed by atoms with E-state index >= 15 is 0 Å². The van der Waals surface area contributed by atoms with Crippen LogP contribution < -0.4 is 11.1 Å². The van der Waals surface area contributed by atoms with Gasteiger partial charge in [0.2, 0.25) is 5.91 Å². The molecule has 3 rings (SSSR count). The fraction of sp³-hybridized carbons (Fsp3) is 0.966. The third kappa shape index (κ3) is 11.1. The molecule has 3 atom stereocenters. The minimum atomic E-state index is 0.311. The fourth-order valence-corrected chi connectivity index (χ4v) is 6.54. The number of nitrogens with two attached hydrogens (primary N) is 1. The molecule has 0 aromatic rings. The van der Waals surface area contributed by atoms with Crippen molar-refractivity contribution in [3.8, 4) is 0 Å². The van der Waals surface area contributed by atoms with Gasteiger partial charge in [-0.1, -0.05) is 38.5 Å². The number of carbonyl (C=O) groups excluding carboxylic acids is 1. The lowest BCUT2D eigenvalue weighted by Crippen LogP contribution is -2.42. The van der Waals surface area contributed by atoms with Gasteiger partial charge in [-0.25, -0.2) is 0 Å². The quantitative estimate of drug-likeness (QED) is 0.309. The van der Waals surface area contributed by atoms with Crippen LogP contribution in [0.3, 0.4) is 0 Å². The summed E-state index contributed by atoms with van der Waals surface area (Å²) >= 11 is 0. The molecule has 1 amide bonds. The lowest BCUT2D eigenvalue weighted by molar-refractivity contribution is -0.127. The van der Waals surface area contributed by atoms with Crippen LogP contribution in [0, 0.1) is 11.8 Å². The first-order chi connectivity index (χ1) is 17.1. The summed E-state index contributed by atoms with van der Waals surface area (Å²) in [6.45, 7) is 11.7. The lowest BCUT2D eigenvalue weighted by atomic mass is 9.86. The number of nitrogens with one attached hydrogen (secondary N) is 1. The van der Waals surface area contributed by atoms with E-state index in [9.17, 15) is 4.79 Å². The van der Waals surface area contributed by atoms with Gasteiger partial charge in [0, 0.05) is 38.1 Å². The zero-order valence-corrected chi connectivity index (χ0v) is 22.9. The molecule has 0 aromatic heterocycles. The first-order valence-corrected chi connectivity index (χ1v) is 15.1. The van der Waals surface area contributed by atoms with Gasteiger partial charge in [-0.2, -0.15) is 0 Å². The topological polar surface area (TPSA) is 70.8 Å². The molecule has 35 heavy (non-hydrogen) atoms. The molecular formula is C29H56N4O2. The zero-order valence-electron chi connectivity index (χ0n) is 22.9. The Labute approximate surface area is 216 Å². The molecule has 204 valence electrons. The van der Waals surface area contributed by atoms with Crippen LogP contribution in [0.25, 0.3) is 0 Å². The molecule has 0 aromatic carbocycles. The van der Waals surface area contributed by atoms with Gasteiger partial charge in [0.15, 0.2) is 0 Å². The maximum absolute atomic E-state index is 11.8. The van der Waals surface area contributed by atoms with Gasteiger partial charge in [-0.3, -0.25) is 9.69 Å². The lowest BCUT2D eigenvalue weighted by Gasteiger charge is -2.31. The normalized spacial score (nSPS) is 27.3. The van der Waals surface area contributed by atoms with Crippen LogP contribution in [-0.2, 0) is 9.53 Å². The number of nitrogens with zero attached hydrogens (tertiary/aromatic N) is 2. The monoisotopic (exact) mass is 492 g/mol. The zero-order chi connectivity index (χ0) is 24.8. The minimum absolute atomic E-state index is 0.311. The first-order valence-electron chi connectivity index (χ1n) is 15.1. The van der Waals surface area contributed by atoms with Crippen molar-refractivity contribution in [1.29, 1.82) is 0 Å². The number of hydrogen-bond acceptors (Lipinski definition) is 5. The summed E-state index contributed by atoms with van der Waals surface area (Å²) in [5.74, 6) is 1.97. The van der Waals surface area contributed by atoms with E-state index in [1.807, 2.05) is 0 Å². The Kier molecular flexibility index (Phi) is 13.4. The Hall–Kier alpha value is -0.690. The molecule has 3 saturated heterocycles. The van der Waals surface area contributed by atoms with Crippen LogP contribution in [0.1, 0.15) is 103 Å². The summed E-state index contributed by atoms with van der Waals surface area (Å²) < 4.78 is 5.46. The van der Waals surface area contributed by atoms with Crippen molar-refractivity contribution >= 4 is 5.91 Å². The van der Waals surface area contributed by atoms with Crippen LogP contribution in [0.2, 0.25) is 0 Å². The highest BCUT2D eigenvalue weighted by Crippen LogP contribution is 2.30. The highest BCUT2D eigenvalue weighted by Gasteiger charge is 2.28. The molecular weight excluding hydrogens is 436 g/mol. The van der Waals surface area contributed by atoms with Gasteiger partial charge >= 0.3 is 0 Å². The maximum Gasteiger partial charge on any atom is 0.222 e. The van der Waals surface area contributed by atoms with E-state index < -0.39 is 0 Å². The number of amides is 1. The summed E-state index contributed by atoms with van der Waals surface area (Å²) in [6, 6.07) is 0. The van der Waals surface area contributed by atoms with Crippen molar-refractivity contribution < 1.29 is 9.53 Å². The van der Waals surface area contributed by atoms with Crippen molar-refractivity contribution in [3.05, 3.63) is 0 Å². The number of likely N-dealkylation sites (tertiary alicyclic amines) is 1. The molecule has 6 nitrogen and oxygen atoms in total. The van der Waals surface area contributed by atoms with Crippen molar-refractivity contribution in [1.82, 2.24) is 15.1 Å². The van der Waals surface area contributed by atoms with Crippen LogP contribution in [-0.4, -0.2) is 80.3 Å². The SMILES string of the molecule is CC1(CCCC(CCN)CCCCN2CCCC2=O)CCCC(CCCCN2CCOCC2)CN1. The van der Waals surface area contributed by atoms with E-state index in [0.29, 0.717) is 11.4 Å². The smallest absolute Gasteiger partial charge is 0.222 e. The number of rotatable bonds is 16. The molecule has 3 aliphatic heterocycles. The molecule has 3 unspecified atom stereocenters. The standard InChI is InChI=1S/C29H56N4O2/c1-29(15-6-11-26(14-17-30)9-3-5-19-33-20-8-13-28(33)34)16-7-12-27(25-31-29)10-2-4-18-32-21-23-35-24-22-32/h26-27,31H,2-25,30H2,1H3. The third-order valence-electron chi connectivity index (χ3n) is 8.98. The summed E-state index contributed by atoms with van der Waals surface area (Å²) in [5, 5.41) is 4.00. The summed E-state index contributed by atoms with van der Waals surface area (Å²) in [5.41, 5.74) is 6.26. The number of hydrogen-bond donors (Lipinski definition) is 2. The van der Waals surface area contributed by atoms with Gasteiger partial charge in [0.1, 0.15) is 0 Å².